The van der Waals surface area contributed by atoms with Crippen molar-refractivity contribution in [1.29, 1.82) is 0 Å². The second-order valence-electron chi connectivity index (χ2n) is 6.61. The van der Waals surface area contributed by atoms with Crippen LogP contribution in [0.25, 0.3) is 0 Å². The Labute approximate surface area is 139 Å². The molecule has 0 amide bonds. The third-order valence-electron chi connectivity index (χ3n) is 3.83. The fraction of sp³-hybridized carbons (Fsp3) is 0.733. The van der Waals surface area contributed by atoms with E-state index in [1.165, 1.54) is 0 Å². The molecular formula is C15H27N5O2S. The largest absolute Gasteiger partial charge is 0.364 e. The zero-order valence-corrected chi connectivity index (χ0v) is 15.2. The molecular weight excluding hydrogens is 314 g/mol. The third-order valence-corrected chi connectivity index (χ3v) is 6.07. The van der Waals surface area contributed by atoms with Crippen LogP contribution in [0.5, 0.6) is 0 Å². The van der Waals surface area contributed by atoms with Gasteiger partial charge in [-0.3, -0.25) is 0 Å². The third kappa shape index (κ3) is 4.78. The molecule has 1 fully saturated rings. The summed E-state index contributed by atoms with van der Waals surface area (Å²) < 4.78 is 26.2. The molecule has 1 N–H and O–H groups in total. The van der Waals surface area contributed by atoms with Crippen molar-refractivity contribution in [3.8, 4) is 0 Å². The molecule has 0 aliphatic carbocycles. The van der Waals surface area contributed by atoms with Crippen LogP contribution in [-0.4, -0.2) is 61.7 Å². The number of aromatic nitrogens is 2. The molecule has 0 unspecified atom stereocenters. The summed E-state index contributed by atoms with van der Waals surface area (Å²) in [5, 5.41) is 3.41. The minimum Gasteiger partial charge on any atom is -0.364 e. The van der Waals surface area contributed by atoms with E-state index in [-0.39, 0.29) is 17.7 Å². The van der Waals surface area contributed by atoms with Crippen LogP contribution in [0, 0.1) is 5.92 Å². The summed E-state index contributed by atoms with van der Waals surface area (Å²) in [5.74, 6) is 1.92. The predicted molar refractivity (Wildman–Crippen MR) is 93.2 cm³/mol. The van der Waals surface area contributed by atoms with Crippen LogP contribution < -0.4 is 10.2 Å². The number of sulfonamides is 1. The van der Waals surface area contributed by atoms with E-state index in [2.05, 4.69) is 15.3 Å². The Kier molecular flexibility index (Phi) is 5.80. The van der Waals surface area contributed by atoms with Gasteiger partial charge in [0.1, 0.15) is 0 Å². The highest BCUT2D eigenvalue weighted by Crippen LogP contribution is 2.23. The van der Waals surface area contributed by atoms with Crippen LogP contribution in [0.15, 0.2) is 12.4 Å². The molecule has 7 nitrogen and oxygen atoms in total. The molecule has 0 spiro atoms. The molecule has 0 saturated carbocycles. The van der Waals surface area contributed by atoms with Crippen LogP contribution >= 0.6 is 0 Å². The van der Waals surface area contributed by atoms with Gasteiger partial charge in [0.15, 0.2) is 11.6 Å². The maximum Gasteiger partial charge on any atom is 0.214 e. The molecule has 8 heteroatoms. The summed E-state index contributed by atoms with van der Waals surface area (Å²) in [5.41, 5.74) is 0. The zero-order chi connectivity index (χ0) is 17.0. The first kappa shape index (κ1) is 17.9. The van der Waals surface area contributed by atoms with E-state index < -0.39 is 10.0 Å². The van der Waals surface area contributed by atoms with Gasteiger partial charge < -0.3 is 10.2 Å². The van der Waals surface area contributed by atoms with Crippen LogP contribution in [0.1, 0.15) is 26.7 Å². The van der Waals surface area contributed by atoms with Crippen molar-refractivity contribution in [1.82, 2.24) is 14.3 Å². The maximum atomic E-state index is 12.3. The fourth-order valence-corrected chi connectivity index (χ4v) is 4.58. The Bertz CT molecular complexity index is 610. The first-order chi connectivity index (χ1) is 10.8. The van der Waals surface area contributed by atoms with Gasteiger partial charge in [0, 0.05) is 45.6 Å². The lowest BCUT2D eigenvalue weighted by Gasteiger charge is -2.32. The van der Waals surface area contributed by atoms with Gasteiger partial charge in [0.2, 0.25) is 10.0 Å². The molecule has 0 atom stereocenters. The van der Waals surface area contributed by atoms with E-state index in [4.69, 9.17) is 0 Å². The monoisotopic (exact) mass is 341 g/mol. The second kappa shape index (κ2) is 7.44. The topological polar surface area (TPSA) is 78.4 Å². The molecule has 1 aliphatic heterocycles. The number of nitrogens with one attached hydrogen (secondary N) is 1. The van der Waals surface area contributed by atoms with Gasteiger partial charge in [-0.05, 0) is 18.8 Å². The summed E-state index contributed by atoms with van der Waals surface area (Å²) in [6.45, 7) is 4.99. The van der Waals surface area contributed by atoms with Crippen molar-refractivity contribution in [2.45, 2.75) is 32.7 Å². The van der Waals surface area contributed by atoms with Gasteiger partial charge in [0.25, 0.3) is 0 Å². The van der Waals surface area contributed by atoms with Gasteiger partial charge in [0.05, 0.1) is 5.75 Å². The van der Waals surface area contributed by atoms with E-state index in [9.17, 15) is 8.42 Å². The summed E-state index contributed by atoms with van der Waals surface area (Å²) in [4.78, 5) is 10.6. The van der Waals surface area contributed by atoms with E-state index in [0.29, 0.717) is 13.1 Å². The van der Waals surface area contributed by atoms with Gasteiger partial charge in [-0.1, -0.05) is 13.8 Å². The van der Waals surface area contributed by atoms with Gasteiger partial charge in [-0.2, -0.15) is 0 Å². The molecule has 0 bridgehead atoms. The highest BCUT2D eigenvalue weighted by molar-refractivity contribution is 7.89. The molecule has 0 radical (unpaired) electrons. The van der Waals surface area contributed by atoms with Crippen molar-refractivity contribution in [2.24, 2.45) is 5.92 Å². The first-order valence-electron chi connectivity index (χ1n) is 8.02. The highest BCUT2D eigenvalue weighted by atomic mass is 32.2. The second-order valence-corrected chi connectivity index (χ2v) is 8.63. The Morgan fingerprint density at radius 1 is 1.26 bits per heavy atom. The summed E-state index contributed by atoms with van der Waals surface area (Å²) in [6, 6.07) is 0.218. The Balaban J connectivity index is 1.96. The lowest BCUT2D eigenvalue weighted by atomic mass is 10.1. The molecule has 2 rings (SSSR count). The lowest BCUT2D eigenvalue weighted by molar-refractivity contribution is 0.328. The van der Waals surface area contributed by atoms with Crippen LogP contribution in [-0.2, 0) is 10.0 Å². The standard InChI is InChI=1S/C15H27N5O2S/c1-12(2)11-23(21,22)20-9-5-13(6-10-20)18-14-15(19(3)4)17-8-7-16-14/h7-8,12-13H,5-6,9-11H2,1-4H3,(H,16,18). The molecule has 2 heterocycles. The van der Waals surface area contributed by atoms with E-state index in [0.717, 1.165) is 24.5 Å². The molecule has 1 aromatic heterocycles. The molecule has 1 aliphatic rings. The normalized spacial score (nSPS) is 17.4. The Hall–Kier alpha value is -1.41. The molecule has 1 saturated heterocycles. The predicted octanol–water partition coefficient (Wildman–Crippen LogP) is 1.40. The molecule has 1 aromatic rings. The number of hydrogen-bond donors (Lipinski definition) is 1. The lowest BCUT2D eigenvalue weighted by Crippen LogP contribution is -2.44. The average Bonchev–Trinajstić information content (AvgIpc) is 2.47. The van der Waals surface area contributed by atoms with Crippen molar-refractivity contribution < 1.29 is 8.42 Å². The first-order valence-corrected chi connectivity index (χ1v) is 9.63. The van der Waals surface area contributed by atoms with Gasteiger partial charge >= 0.3 is 0 Å². The number of rotatable bonds is 6. The Morgan fingerprint density at radius 3 is 2.43 bits per heavy atom. The molecule has 130 valence electrons. The van der Waals surface area contributed by atoms with Crippen molar-refractivity contribution in [3.63, 3.8) is 0 Å². The quantitative estimate of drug-likeness (QED) is 0.843. The minimum absolute atomic E-state index is 0.151. The SMILES string of the molecule is CC(C)CS(=O)(=O)N1CCC(Nc2nccnc2N(C)C)CC1. The molecule has 0 aromatic carbocycles. The smallest absolute Gasteiger partial charge is 0.214 e. The van der Waals surface area contributed by atoms with E-state index in [1.54, 1.807) is 16.7 Å². The van der Waals surface area contributed by atoms with Crippen molar-refractivity contribution in [2.75, 3.05) is 43.2 Å². The van der Waals surface area contributed by atoms with E-state index >= 15 is 0 Å². The van der Waals surface area contributed by atoms with Crippen LogP contribution in [0.2, 0.25) is 0 Å². The van der Waals surface area contributed by atoms with Gasteiger partial charge in [-0.25, -0.2) is 22.7 Å². The number of anilines is 2. The van der Waals surface area contributed by atoms with E-state index in [1.807, 2.05) is 32.8 Å². The summed E-state index contributed by atoms with van der Waals surface area (Å²) >= 11 is 0. The average molecular weight is 341 g/mol. The number of piperidine rings is 1. The number of hydrogen-bond acceptors (Lipinski definition) is 6. The van der Waals surface area contributed by atoms with Crippen molar-refractivity contribution >= 4 is 21.7 Å². The summed E-state index contributed by atoms with van der Waals surface area (Å²) in [7, 11) is 0.723. The zero-order valence-electron chi connectivity index (χ0n) is 14.4. The maximum absolute atomic E-state index is 12.3. The van der Waals surface area contributed by atoms with Crippen LogP contribution in [0.3, 0.4) is 0 Å². The van der Waals surface area contributed by atoms with Gasteiger partial charge in [-0.15, -0.1) is 0 Å². The highest BCUT2D eigenvalue weighted by Gasteiger charge is 2.28. The minimum atomic E-state index is -3.13. The fourth-order valence-electron chi connectivity index (χ4n) is 2.76. The summed E-state index contributed by atoms with van der Waals surface area (Å²) in [6.07, 6.45) is 4.89. The Morgan fingerprint density at radius 2 is 1.87 bits per heavy atom. The van der Waals surface area contributed by atoms with Crippen LogP contribution in [0.4, 0.5) is 11.6 Å². The number of nitrogens with zero attached hydrogens (tertiary/aromatic N) is 4. The van der Waals surface area contributed by atoms with Crippen molar-refractivity contribution in [3.05, 3.63) is 12.4 Å². The molecule has 23 heavy (non-hydrogen) atoms.